The SMILES string of the molecule is N#Cc1ccc2nccc(Nc3cccc(C(=O)Nc4ccc(Nc5ccccc5)cc4)c3)c2c1. The third-order valence-corrected chi connectivity index (χ3v) is 5.48. The maximum Gasteiger partial charge on any atom is 0.255 e. The maximum atomic E-state index is 12.9. The van der Waals surface area contributed by atoms with Gasteiger partial charge in [0.1, 0.15) is 0 Å². The van der Waals surface area contributed by atoms with E-state index in [-0.39, 0.29) is 5.91 Å². The average Bonchev–Trinajstić information content (AvgIpc) is 2.90. The van der Waals surface area contributed by atoms with E-state index >= 15 is 0 Å². The first-order valence-corrected chi connectivity index (χ1v) is 11.1. The molecule has 1 amide bonds. The minimum atomic E-state index is -0.205. The highest BCUT2D eigenvalue weighted by Gasteiger charge is 2.09. The number of nitrogens with zero attached hydrogens (tertiary/aromatic N) is 2. The summed E-state index contributed by atoms with van der Waals surface area (Å²) in [4.78, 5) is 17.3. The molecule has 1 heterocycles. The van der Waals surface area contributed by atoms with Gasteiger partial charge in [0.05, 0.1) is 17.1 Å². The molecule has 1 aromatic heterocycles. The zero-order valence-electron chi connectivity index (χ0n) is 18.7. The Hall–Kier alpha value is -5.15. The number of rotatable bonds is 6. The summed E-state index contributed by atoms with van der Waals surface area (Å²) >= 11 is 0. The number of para-hydroxylation sites is 1. The standard InChI is InChI=1S/C29H21N5O/c30-19-20-9-14-27-26(17-20)28(15-16-31-27)33-25-8-4-5-21(18-25)29(35)34-24-12-10-23(11-13-24)32-22-6-2-1-3-7-22/h1-18,32H,(H,31,33)(H,34,35). The fourth-order valence-corrected chi connectivity index (χ4v) is 3.75. The molecule has 0 aliphatic carbocycles. The molecule has 0 fully saturated rings. The minimum absolute atomic E-state index is 0.205. The number of carbonyl (C=O) groups is 1. The van der Waals surface area contributed by atoms with Crippen molar-refractivity contribution in [2.45, 2.75) is 0 Å². The molecule has 0 aliphatic rings. The van der Waals surface area contributed by atoms with E-state index in [0.717, 1.165) is 33.7 Å². The lowest BCUT2D eigenvalue weighted by Crippen LogP contribution is -2.12. The number of carbonyl (C=O) groups excluding carboxylic acids is 1. The van der Waals surface area contributed by atoms with E-state index in [4.69, 9.17) is 0 Å². The third kappa shape index (κ3) is 5.10. The first-order chi connectivity index (χ1) is 17.2. The fourth-order valence-electron chi connectivity index (χ4n) is 3.75. The van der Waals surface area contributed by atoms with Crippen molar-refractivity contribution >= 4 is 45.2 Å². The Labute approximate surface area is 202 Å². The van der Waals surface area contributed by atoms with E-state index < -0.39 is 0 Å². The van der Waals surface area contributed by atoms with E-state index in [9.17, 15) is 10.1 Å². The van der Waals surface area contributed by atoms with Gasteiger partial charge in [-0.05, 0) is 78.9 Å². The summed E-state index contributed by atoms with van der Waals surface area (Å²) in [5.41, 5.74) is 6.08. The van der Waals surface area contributed by atoms with Crippen LogP contribution >= 0.6 is 0 Å². The highest BCUT2D eigenvalue weighted by atomic mass is 16.1. The van der Waals surface area contributed by atoms with Crippen molar-refractivity contribution in [3.8, 4) is 6.07 Å². The van der Waals surface area contributed by atoms with Gasteiger partial charge in [-0.1, -0.05) is 24.3 Å². The zero-order valence-corrected chi connectivity index (χ0v) is 18.7. The molecule has 0 spiro atoms. The maximum absolute atomic E-state index is 12.9. The number of benzene rings is 4. The van der Waals surface area contributed by atoms with Crippen molar-refractivity contribution in [3.05, 3.63) is 120 Å². The predicted octanol–water partition coefficient (Wildman–Crippen LogP) is 6.85. The second-order valence-corrected chi connectivity index (χ2v) is 7.93. The molecule has 6 heteroatoms. The smallest absolute Gasteiger partial charge is 0.255 e. The molecule has 0 saturated heterocycles. The Kier molecular flexibility index (Phi) is 6.05. The monoisotopic (exact) mass is 455 g/mol. The topological polar surface area (TPSA) is 89.8 Å². The lowest BCUT2D eigenvalue weighted by Gasteiger charge is -2.12. The van der Waals surface area contributed by atoms with Gasteiger partial charge in [-0.15, -0.1) is 0 Å². The van der Waals surface area contributed by atoms with Crippen molar-refractivity contribution in [3.63, 3.8) is 0 Å². The third-order valence-electron chi connectivity index (χ3n) is 5.48. The van der Waals surface area contributed by atoms with Crippen LogP contribution in [0.3, 0.4) is 0 Å². The molecule has 5 rings (SSSR count). The summed E-state index contributed by atoms with van der Waals surface area (Å²) in [6.07, 6.45) is 1.71. The average molecular weight is 456 g/mol. The van der Waals surface area contributed by atoms with Gasteiger partial charge >= 0.3 is 0 Å². The van der Waals surface area contributed by atoms with Crippen LogP contribution in [-0.2, 0) is 0 Å². The number of pyridine rings is 1. The number of aromatic nitrogens is 1. The summed E-state index contributed by atoms with van der Waals surface area (Å²) in [5, 5.41) is 19.7. The van der Waals surface area contributed by atoms with Gasteiger partial charge in [0, 0.05) is 45.6 Å². The van der Waals surface area contributed by atoms with Gasteiger partial charge in [0.25, 0.3) is 5.91 Å². The molecule has 4 aromatic carbocycles. The molecule has 0 saturated carbocycles. The normalized spacial score (nSPS) is 10.4. The van der Waals surface area contributed by atoms with Crippen LogP contribution in [0.15, 0.2) is 109 Å². The van der Waals surface area contributed by atoms with Crippen LogP contribution in [0.2, 0.25) is 0 Å². The number of fused-ring (bicyclic) bond motifs is 1. The molecule has 168 valence electrons. The lowest BCUT2D eigenvalue weighted by molar-refractivity contribution is 0.102. The number of nitrogens with one attached hydrogen (secondary N) is 3. The molecule has 0 aliphatic heterocycles. The minimum Gasteiger partial charge on any atom is -0.356 e. The second kappa shape index (κ2) is 9.77. The van der Waals surface area contributed by atoms with Gasteiger partial charge in [-0.3, -0.25) is 9.78 Å². The van der Waals surface area contributed by atoms with Crippen LogP contribution in [0, 0.1) is 11.3 Å². The highest BCUT2D eigenvalue weighted by molar-refractivity contribution is 6.05. The van der Waals surface area contributed by atoms with Gasteiger partial charge in [-0.25, -0.2) is 0 Å². The molecule has 35 heavy (non-hydrogen) atoms. The van der Waals surface area contributed by atoms with Crippen LogP contribution in [-0.4, -0.2) is 10.9 Å². The first-order valence-electron chi connectivity index (χ1n) is 11.1. The Bertz CT molecular complexity index is 1540. The van der Waals surface area contributed by atoms with Gasteiger partial charge in [-0.2, -0.15) is 5.26 Å². The molecule has 0 bridgehead atoms. The highest BCUT2D eigenvalue weighted by Crippen LogP contribution is 2.27. The molecule has 3 N–H and O–H groups in total. The first kappa shape index (κ1) is 21.7. The molecule has 0 radical (unpaired) electrons. The van der Waals surface area contributed by atoms with Crippen LogP contribution < -0.4 is 16.0 Å². The summed E-state index contributed by atoms with van der Waals surface area (Å²) in [6.45, 7) is 0. The van der Waals surface area contributed by atoms with E-state index in [0.29, 0.717) is 16.8 Å². The molecular weight excluding hydrogens is 434 g/mol. The van der Waals surface area contributed by atoms with Crippen molar-refractivity contribution in [2.75, 3.05) is 16.0 Å². The predicted molar refractivity (Wildman–Crippen MR) is 140 cm³/mol. The van der Waals surface area contributed by atoms with Crippen LogP contribution in [0.25, 0.3) is 10.9 Å². The van der Waals surface area contributed by atoms with E-state index in [2.05, 4.69) is 27.0 Å². The zero-order chi connectivity index (χ0) is 24.0. The number of hydrogen-bond donors (Lipinski definition) is 3. The van der Waals surface area contributed by atoms with Crippen molar-refractivity contribution < 1.29 is 4.79 Å². The summed E-state index contributed by atoms with van der Waals surface area (Å²) in [6, 6.07) is 34.1. The van der Waals surface area contributed by atoms with Crippen LogP contribution in [0.5, 0.6) is 0 Å². The number of amides is 1. The Morgan fingerprint density at radius 1 is 0.714 bits per heavy atom. The van der Waals surface area contributed by atoms with E-state index in [1.165, 1.54) is 0 Å². The lowest BCUT2D eigenvalue weighted by atomic mass is 10.1. The van der Waals surface area contributed by atoms with Gasteiger partial charge < -0.3 is 16.0 Å². The molecular formula is C29H21N5O. The van der Waals surface area contributed by atoms with E-state index in [1.807, 2.05) is 78.9 Å². The summed E-state index contributed by atoms with van der Waals surface area (Å²) < 4.78 is 0. The molecule has 0 atom stereocenters. The Balaban J connectivity index is 1.30. The largest absolute Gasteiger partial charge is 0.356 e. The molecule has 0 unspecified atom stereocenters. The second-order valence-electron chi connectivity index (χ2n) is 7.93. The Morgan fingerprint density at radius 3 is 2.26 bits per heavy atom. The molecule has 6 nitrogen and oxygen atoms in total. The van der Waals surface area contributed by atoms with Crippen LogP contribution in [0.1, 0.15) is 15.9 Å². The van der Waals surface area contributed by atoms with E-state index in [1.54, 1.807) is 30.5 Å². The van der Waals surface area contributed by atoms with Gasteiger partial charge in [0.15, 0.2) is 0 Å². The van der Waals surface area contributed by atoms with Crippen molar-refractivity contribution in [1.82, 2.24) is 4.98 Å². The quantitative estimate of drug-likeness (QED) is 0.261. The van der Waals surface area contributed by atoms with Gasteiger partial charge in [0.2, 0.25) is 0 Å². The van der Waals surface area contributed by atoms with Crippen LogP contribution in [0.4, 0.5) is 28.4 Å². The van der Waals surface area contributed by atoms with Crippen molar-refractivity contribution in [1.29, 1.82) is 5.26 Å². The summed E-state index contributed by atoms with van der Waals surface area (Å²) in [7, 11) is 0. The van der Waals surface area contributed by atoms with Crippen molar-refractivity contribution in [2.24, 2.45) is 0 Å². The fraction of sp³-hybridized carbons (Fsp3) is 0. The molecule has 5 aromatic rings. The Morgan fingerprint density at radius 2 is 1.46 bits per heavy atom. The number of anilines is 5. The summed E-state index contributed by atoms with van der Waals surface area (Å²) in [5.74, 6) is -0.205. The number of hydrogen-bond acceptors (Lipinski definition) is 5. The number of nitriles is 1.